The molecule has 0 atom stereocenters. The third-order valence-corrected chi connectivity index (χ3v) is 1.77. The molecule has 0 saturated heterocycles. The smallest absolute Gasteiger partial charge is 0.360 e. The van der Waals surface area contributed by atoms with E-state index >= 15 is 0 Å². The first kappa shape index (κ1) is 12.0. The molecule has 0 aromatic carbocycles. The van der Waals surface area contributed by atoms with E-state index < -0.39 is 11.9 Å². The Bertz CT molecular complexity index is 399. The molecule has 0 bridgehead atoms. The highest BCUT2D eigenvalue weighted by Gasteiger charge is 2.16. The fourth-order valence-electron chi connectivity index (χ4n) is 1.11. The Balaban J connectivity index is 2.77. The van der Waals surface area contributed by atoms with Crippen LogP contribution in [-0.4, -0.2) is 35.4 Å². The highest BCUT2D eigenvalue weighted by atomic mass is 16.5. The van der Waals surface area contributed by atoms with Crippen LogP contribution in [0.15, 0.2) is 6.20 Å². The Morgan fingerprint density at radius 1 is 1.56 bits per heavy atom. The van der Waals surface area contributed by atoms with E-state index in [1.165, 1.54) is 18.0 Å². The zero-order valence-electron chi connectivity index (χ0n) is 9.10. The van der Waals surface area contributed by atoms with Crippen molar-refractivity contribution in [1.82, 2.24) is 9.78 Å². The van der Waals surface area contributed by atoms with E-state index in [4.69, 9.17) is 10.5 Å². The summed E-state index contributed by atoms with van der Waals surface area (Å²) in [5.41, 5.74) is 5.69. The molecule has 1 rings (SSSR count). The molecule has 0 amide bonds. The Morgan fingerprint density at radius 3 is 2.81 bits per heavy atom. The molecular formula is C9H13N3O4. The molecule has 0 aliphatic rings. The lowest BCUT2D eigenvalue weighted by molar-refractivity contribution is -0.144. The van der Waals surface area contributed by atoms with E-state index in [1.807, 2.05) is 0 Å². The molecule has 1 aromatic heterocycles. The Labute approximate surface area is 92.1 Å². The predicted octanol–water partition coefficient (Wildman–Crippen LogP) is -0.185. The van der Waals surface area contributed by atoms with Crippen LogP contribution >= 0.6 is 0 Å². The summed E-state index contributed by atoms with van der Waals surface area (Å²) in [6, 6.07) is 0. The Kier molecular flexibility index (Phi) is 3.87. The van der Waals surface area contributed by atoms with Gasteiger partial charge in [0.05, 0.1) is 19.4 Å². The number of nitrogen functional groups attached to an aromatic ring is 1. The van der Waals surface area contributed by atoms with Gasteiger partial charge in [-0.05, 0) is 6.92 Å². The van der Waals surface area contributed by atoms with E-state index in [2.05, 4.69) is 9.84 Å². The molecule has 0 aliphatic carbocycles. The summed E-state index contributed by atoms with van der Waals surface area (Å²) in [4.78, 5) is 22.3. The van der Waals surface area contributed by atoms with E-state index in [0.29, 0.717) is 6.61 Å². The molecule has 0 unspecified atom stereocenters. The fraction of sp³-hybridized carbons (Fsp3) is 0.444. The zero-order chi connectivity index (χ0) is 12.1. The molecule has 7 heteroatoms. The highest BCUT2D eigenvalue weighted by molar-refractivity contribution is 5.92. The van der Waals surface area contributed by atoms with Crippen molar-refractivity contribution < 1.29 is 19.1 Å². The number of carbonyl (C=O) groups is 2. The molecule has 88 valence electrons. The van der Waals surface area contributed by atoms with Gasteiger partial charge in [-0.3, -0.25) is 9.48 Å². The van der Waals surface area contributed by atoms with Gasteiger partial charge in [0.1, 0.15) is 6.54 Å². The zero-order valence-corrected chi connectivity index (χ0v) is 9.10. The van der Waals surface area contributed by atoms with Gasteiger partial charge in [0.15, 0.2) is 5.69 Å². The van der Waals surface area contributed by atoms with Crippen molar-refractivity contribution in [3.05, 3.63) is 11.9 Å². The molecule has 2 N–H and O–H groups in total. The second-order valence-corrected chi connectivity index (χ2v) is 2.93. The summed E-state index contributed by atoms with van der Waals surface area (Å²) in [5.74, 6) is -1.08. The minimum absolute atomic E-state index is 0.00759. The number of hydrogen-bond acceptors (Lipinski definition) is 6. The van der Waals surface area contributed by atoms with Gasteiger partial charge < -0.3 is 15.2 Å². The molecular weight excluding hydrogens is 214 g/mol. The minimum Gasteiger partial charge on any atom is -0.465 e. The van der Waals surface area contributed by atoms with Crippen molar-refractivity contribution in [2.75, 3.05) is 19.5 Å². The quantitative estimate of drug-likeness (QED) is 0.716. The number of hydrogen-bond donors (Lipinski definition) is 1. The first-order valence-corrected chi connectivity index (χ1v) is 4.65. The monoisotopic (exact) mass is 227 g/mol. The minimum atomic E-state index is -0.639. The van der Waals surface area contributed by atoms with Crippen molar-refractivity contribution in [2.24, 2.45) is 0 Å². The van der Waals surface area contributed by atoms with Crippen LogP contribution in [0.3, 0.4) is 0 Å². The lowest BCUT2D eigenvalue weighted by atomic mass is 10.4. The number of esters is 2. The van der Waals surface area contributed by atoms with E-state index in [9.17, 15) is 9.59 Å². The summed E-state index contributed by atoms with van der Waals surface area (Å²) < 4.78 is 10.4. The van der Waals surface area contributed by atoms with Crippen LogP contribution in [0.25, 0.3) is 0 Å². The van der Waals surface area contributed by atoms with Crippen molar-refractivity contribution >= 4 is 17.6 Å². The highest BCUT2D eigenvalue weighted by Crippen LogP contribution is 2.10. The average molecular weight is 227 g/mol. The topological polar surface area (TPSA) is 96.4 Å². The van der Waals surface area contributed by atoms with Gasteiger partial charge in [0.2, 0.25) is 0 Å². The number of carbonyl (C=O) groups excluding carboxylic acids is 2. The molecule has 0 fully saturated rings. The number of aromatic nitrogens is 2. The summed E-state index contributed by atoms with van der Waals surface area (Å²) in [7, 11) is 1.23. The fourth-order valence-corrected chi connectivity index (χ4v) is 1.11. The number of methoxy groups -OCH3 is 1. The number of nitrogens with zero attached hydrogens (tertiary/aromatic N) is 2. The van der Waals surface area contributed by atoms with Crippen LogP contribution in [0.5, 0.6) is 0 Å². The second-order valence-electron chi connectivity index (χ2n) is 2.93. The molecule has 1 aromatic rings. The van der Waals surface area contributed by atoms with Crippen LogP contribution in [-0.2, 0) is 20.8 Å². The maximum atomic E-state index is 11.2. The largest absolute Gasteiger partial charge is 0.465 e. The summed E-state index contributed by atoms with van der Waals surface area (Å²) in [6.45, 7) is 1.91. The molecule has 0 saturated carbocycles. The first-order chi connectivity index (χ1) is 7.58. The van der Waals surface area contributed by atoms with E-state index in [-0.39, 0.29) is 17.9 Å². The van der Waals surface area contributed by atoms with Gasteiger partial charge in [0.25, 0.3) is 0 Å². The van der Waals surface area contributed by atoms with Crippen molar-refractivity contribution in [3.8, 4) is 0 Å². The van der Waals surface area contributed by atoms with E-state index in [1.54, 1.807) is 6.92 Å². The second kappa shape index (κ2) is 5.15. The summed E-state index contributed by atoms with van der Waals surface area (Å²) in [5, 5.41) is 3.82. The predicted molar refractivity (Wildman–Crippen MR) is 54.6 cm³/mol. The van der Waals surface area contributed by atoms with Crippen LogP contribution in [0.4, 0.5) is 5.69 Å². The number of ether oxygens (including phenoxy) is 2. The maximum absolute atomic E-state index is 11.2. The van der Waals surface area contributed by atoms with Crippen LogP contribution in [0.2, 0.25) is 0 Å². The SMILES string of the molecule is CCOC(=O)Cn1cc(N)c(C(=O)OC)n1. The van der Waals surface area contributed by atoms with Crippen molar-refractivity contribution in [2.45, 2.75) is 13.5 Å². The molecule has 0 spiro atoms. The van der Waals surface area contributed by atoms with Gasteiger partial charge in [-0.15, -0.1) is 0 Å². The third-order valence-electron chi connectivity index (χ3n) is 1.77. The normalized spacial score (nSPS) is 9.88. The van der Waals surface area contributed by atoms with Gasteiger partial charge >= 0.3 is 11.9 Å². The third kappa shape index (κ3) is 2.72. The average Bonchev–Trinajstić information content (AvgIpc) is 2.58. The number of nitrogens with two attached hydrogens (primary N) is 1. The van der Waals surface area contributed by atoms with Crippen molar-refractivity contribution in [3.63, 3.8) is 0 Å². The van der Waals surface area contributed by atoms with Gasteiger partial charge in [-0.1, -0.05) is 0 Å². The van der Waals surface area contributed by atoms with Gasteiger partial charge in [0, 0.05) is 6.20 Å². The number of rotatable bonds is 4. The maximum Gasteiger partial charge on any atom is 0.360 e. The molecule has 1 heterocycles. The Hall–Kier alpha value is -2.05. The molecule has 16 heavy (non-hydrogen) atoms. The van der Waals surface area contributed by atoms with Crippen LogP contribution < -0.4 is 5.73 Å². The van der Waals surface area contributed by atoms with Crippen LogP contribution in [0, 0.1) is 0 Å². The summed E-state index contributed by atoms with van der Waals surface area (Å²) in [6.07, 6.45) is 1.38. The lowest BCUT2D eigenvalue weighted by Gasteiger charge is -2.00. The number of anilines is 1. The summed E-state index contributed by atoms with van der Waals surface area (Å²) >= 11 is 0. The Morgan fingerprint density at radius 2 is 2.25 bits per heavy atom. The standard InChI is InChI=1S/C9H13N3O4/c1-3-16-7(13)5-12-4-6(10)8(11-12)9(14)15-2/h4H,3,5,10H2,1-2H3. The lowest BCUT2D eigenvalue weighted by Crippen LogP contribution is -2.14. The molecule has 0 aliphatic heterocycles. The van der Waals surface area contributed by atoms with Gasteiger partial charge in [-0.2, -0.15) is 5.10 Å². The molecule has 0 radical (unpaired) electrons. The van der Waals surface area contributed by atoms with Gasteiger partial charge in [-0.25, -0.2) is 4.79 Å². The van der Waals surface area contributed by atoms with Crippen molar-refractivity contribution in [1.29, 1.82) is 0 Å². The van der Waals surface area contributed by atoms with E-state index in [0.717, 1.165) is 0 Å². The molecule has 7 nitrogen and oxygen atoms in total. The van der Waals surface area contributed by atoms with Crippen LogP contribution in [0.1, 0.15) is 17.4 Å². The first-order valence-electron chi connectivity index (χ1n) is 4.65.